The van der Waals surface area contributed by atoms with Crippen molar-refractivity contribution < 1.29 is 19.1 Å². The summed E-state index contributed by atoms with van der Waals surface area (Å²) >= 11 is 0. The fourth-order valence-corrected chi connectivity index (χ4v) is 2.26. The van der Waals surface area contributed by atoms with E-state index in [9.17, 15) is 9.59 Å². The molecular formula is C14H26N2O4. The van der Waals surface area contributed by atoms with Crippen molar-refractivity contribution in [1.82, 2.24) is 10.2 Å². The van der Waals surface area contributed by atoms with E-state index in [0.29, 0.717) is 13.2 Å². The molecule has 20 heavy (non-hydrogen) atoms. The Kier molecular flexibility index (Phi) is 5.53. The molecule has 0 radical (unpaired) electrons. The van der Waals surface area contributed by atoms with Gasteiger partial charge < -0.3 is 19.7 Å². The Bertz CT molecular complexity index is 365. The van der Waals surface area contributed by atoms with Crippen LogP contribution in [0.25, 0.3) is 0 Å². The van der Waals surface area contributed by atoms with Crippen molar-refractivity contribution in [3.05, 3.63) is 0 Å². The molecule has 6 nitrogen and oxygen atoms in total. The molecule has 116 valence electrons. The summed E-state index contributed by atoms with van der Waals surface area (Å²) in [5.74, 6) is -0.195. The molecule has 1 N–H and O–H groups in total. The minimum Gasteiger partial charge on any atom is -0.382 e. The molecule has 1 heterocycles. The number of nitrogens with zero attached hydrogens (tertiary/aromatic N) is 1. The Morgan fingerprint density at radius 2 is 1.90 bits per heavy atom. The molecule has 0 aromatic carbocycles. The van der Waals surface area contributed by atoms with Crippen LogP contribution >= 0.6 is 0 Å². The zero-order valence-corrected chi connectivity index (χ0v) is 13.2. The van der Waals surface area contributed by atoms with Crippen molar-refractivity contribution in [3.8, 4) is 0 Å². The number of carbonyl (C=O) groups excluding carboxylic acids is 2. The van der Waals surface area contributed by atoms with Crippen LogP contribution < -0.4 is 5.32 Å². The zero-order valence-electron chi connectivity index (χ0n) is 13.2. The van der Waals surface area contributed by atoms with E-state index in [0.717, 1.165) is 0 Å². The van der Waals surface area contributed by atoms with Gasteiger partial charge >= 0.3 is 0 Å². The lowest BCUT2D eigenvalue weighted by Gasteiger charge is -2.43. The highest BCUT2D eigenvalue weighted by molar-refractivity contribution is 5.97. The summed E-state index contributed by atoms with van der Waals surface area (Å²) < 4.78 is 10.4. The minimum atomic E-state index is -0.508. The summed E-state index contributed by atoms with van der Waals surface area (Å²) in [5, 5.41) is 2.81. The maximum atomic E-state index is 12.6. The summed E-state index contributed by atoms with van der Waals surface area (Å²) in [6.07, 6.45) is -0.238. The Morgan fingerprint density at radius 3 is 2.35 bits per heavy atom. The van der Waals surface area contributed by atoms with Crippen LogP contribution in [0.5, 0.6) is 0 Å². The van der Waals surface area contributed by atoms with Crippen LogP contribution in [0.15, 0.2) is 0 Å². The lowest BCUT2D eigenvalue weighted by atomic mass is 9.84. The maximum Gasteiger partial charge on any atom is 0.246 e. The molecule has 3 atom stereocenters. The van der Waals surface area contributed by atoms with Gasteiger partial charge in [0.2, 0.25) is 11.8 Å². The van der Waals surface area contributed by atoms with Gasteiger partial charge in [0, 0.05) is 20.8 Å². The number of hydrogen-bond acceptors (Lipinski definition) is 4. The van der Waals surface area contributed by atoms with Crippen molar-refractivity contribution in [2.45, 2.75) is 45.9 Å². The fraction of sp³-hybridized carbons (Fsp3) is 0.857. The number of methoxy groups -OCH3 is 2. The van der Waals surface area contributed by atoms with Crippen molar-refractivity contribution in [2.75, 3.05) is 27.4 Å². The van der Waals surface area contributed by atoms with E-state index in [1.54, 1.807) is 26.0 Å². The van der Waals surface area contributed by atoms with Gasteiger partial charge in [0.1, 0.15) is 12.1 Å². The summed E-state index contributed by atoms with van der Waals surface area (Å²) in [6.45, 7) is 8.28. The molecule has 1 rings (SSSR count). The fourth-order valence-electron chi connectivity index (χ4n) is 2.26. The van der Waals surface area contributed by atoms with Gasteiger partial charge in [0.15, 0.2) is 0 Å². The van der Waals surface area contributed by atoms with E-state index in [-0.39, 0.29) is 23.3 Å². The number of carbonyl (C=O) groups is 2. The standard InChI is InChI=1S/C14H26N2O4/c1-9-12(17)15-11(14(2,3)4)13(18)16(9)7-10(20-6)8-19-5/h9-11H,7-8H2,1-6H3,(H,15,17). The molecule has 3 unspecified atom stereocenters. The van der Waals surface area contributed by atoms with E-state index in [1.165, 1.54) is 0 Å². The van der Waals surface area contributed by atoms with Gasteiger partial charge in [-0.25, -0.2) is 0 Å². The summed E-state index contributed by atoms with van der Waals surface area (Å²) in [4.78, 5) is 26.2. The van der Waals surface area contributed by atoms with Crippen LogP contribution in [0.1, 0.15) is 27.7 Å². The van der Waals surface area contributed by atoms with Crippen LogP contribution in [-0.4, -0.2) is 62.3 Å². The average Bonchev–Trinajstić information content (AvgIpc) is 2.36. The molecule has 0 aromatic rings. The molecule has 1 aliphatic rings. The van der Waals surface area contributed by atoms with Gasteiger partial charge in [0.25, 0.3) is 0 Å². The van der Waals surface area contributed by atoms with E-state index >= 15 is 0 Å². The Balaban J connectivity index is 2.90. The van der Waals surface area contributed by atoms with Crippen LogP contribution in [0.3, 0.4) is 0 Å². The number of piperazine rings is 1. The highest BCUT2D eigenvalue weighted by atomic mass is 16.5. The predicted octanol–water partition coefficient (Wildman–Crippen LogP) is 0.409. The van der Waals surface area contributed by atoms with Crippen molar-refractivity contribution in [1.29, 1.82) is 0 Å². The van der Waals surface area contributed by atoms with Crippen molar-refractivity contribution in [2.24, 2.45) is 5.41 Å². The van der Waals surface area contributed by atoms with E-state index < -0.39 is 12.1 Å². The van der Waals surface area contributed by atoms with Gasteiger partial charge in [0.05, 0.1) is 12.7 Å². The topological polar surface area (TPSA) is 67.9 Å². The molecule has 1 aliphatic heterocycles. The monoisotopic (exact) mass is 286 g/mol. The highest BCUT2D eigenvalue weighted by Gasteiger charge is 2.43. The maximum absolute atomic E-state index is 12.6. The van der Waals surface area contributed by atoms with Gasteiger partial charge in [-0.3, -0.25) is 9.59 Å². The quantitative estimate of drug-likeness (QED) is 0.795. The third-order valence-corrected chi connectivity index (χ3v) is 3.62. The Labute approximate surface area is 120 Å². The number of ether oxygens (including phenoxy) is 2. The molecule has 0 spiro atoms. The molecule has 2 amide bonds. The second-order valence-corrected chi connectivity index (χ2v) is 6.29. The van der Waals surface area contributed by atoms with Gasteiger partial charge in [-0.05, 0) is 12.3 Å². The third kappa shape index (κ3) is 3.70. The van der Waals surface area contributed by atoms with E-state index in [4.69, 9.17) is 9.47 Å². The van der Waals surface area contributed by atoms with Gasteiger partial charge in [-0.2, -0.15) is 0 Å². The van der Waals surface area contributed by atoms with Crippen molar-refractivity contribution >= 4 is 11.8 Å². The minimum absolute atomic E-state index is 0.0669. The molecule has 1 fully saturated rings. The molecule has 6 heteroatoms. The molecule has 0 aromatic heterocycles. The van der Waals surface area contributed by atoms with Crippen LogP contribution in [0, 0.1) is 5.41 Å². The number of nitrogens with one attached hydrogen (secondary N) is 1. The lowest BCUT2D eigenvalue weighted by molar-refractivity contribution is -0.154. The average molecular weight is 286 g/mol. The van der Waals surface area contributed by atoms with Crippen LogP contribution in [0.2, 0.25) is 0 Å². The second kappa shape index (κ2) is 6.54. The first-order chi connectivity index (χ1) is 9.22. The smallest absolute Gasteiger partial charge is 0.246 e. The number of amides is 2. The van der Waals surface area contributed by atoms with Crippen molar-refractivity contribution in [3.63, 3.8) is 0 Å². The Morgan fingerprint density at radius 1 is 1.30 bits per heavy atom. The van der Waals surface area contributed by atoms with Gasteiger partial charge in [-0.15, -0.1) is 0 Å². The van der Waals surface area contributed by atoms with Crippen LogP contribution in [0.4, 0.5) is 0 Å². The third-order valence-electron chi connectivity index (χ3n) is 3.62. The van der Waals surface area contributed by atoms with E-state index in [1.807, 2.05) is 20.8 Å². The first-order valence-electron chi connectivity index (χ1n) is 6.85. The SMILES string of the molecule is COCC(CN1C(=O)C(C(C)(C)C)NC(=O)C1C)OC. The molecule has 0 bridgehead atoms. The van der Waals surface area contributed by atoms with E-state index in [2.05, 4.69) is 5.32 Å². The second-order valence-electron chi connectivity index (χ2n) is 6.29. The first kappa shape index (κ1) is 16.9. The lowest BCUT2D eigenvalue weighted by Crippen LogP contribution is -2.66. The highest BCUT2D eigenvalue weighted by Crippen LogP contribution is 2.25. The number of hydrogen-bond donors (Lipinski definition) is 1. The molecule has 0 aliphatic carbocycles. The Hall–Kier alpha value is -1.14. The predicted molar refractivity (Wildman–Crippen MR) is 75.2 cm³/mol. The molecule has 0 saturated carbocycles. The van der Waals surface area contributed by atoms with Crippen LogP contribution in [-0.2, 0) is 19.1 Å². The first-order valence-corrected chi connectivity index (χ1v) is 6.85. The summed E-state index contributed by atoms with van der Waals surface area (Å²) in [7, 11) is 3.15. The largest absolute Gasteiger partial charge is 0.382 e. The molecular weight excluding hydrogens is 260 g/mol. The summed E-state index contributed by atoms with van der Waals surface area (Å²) in [6, 6.07) is -0.998. The zero-order chi connectivity index (χ0) is 15.5. The normalized spacial score (nSPS) is 25.6. The van der Waals surface area contributed by atoms with Gasteiger partial charge in [-0.1, -0.05) is 20.8 Å². The number of rotatable bonds is 5. The molecule has 1 saturated heterocycles. The summed E-state index contributed by atoms with van der Waals surface area (Å²) in [5.41, 5.74) is -0.324.